The van der Waals surface area contributed by atoms with Gasteiger partial charge in [0.2, 0.25) is 0 Å². The standard InChI is InChI=1S/C26H25N3O3/c30-26(21-8-4-9-22-20(21)12-13-27-22)29-19(16-18-6-2-1-3-7-18)17-28-23-10-5-11-24-25(23)32-15-14-31-24/h1-13,19,27-28H,14-17H2,(H,29,30). The molecule has 0 spiro atoms. The highest BCUT2D eigenvalue weighted by atomic mass is 16.6. The minimum Gasteiger partial charge on any atom is -0.486 e. The van der Waals surface area contributed by atoms with E-state index in [0.717, 1.165) is 33.7 Å². The molecule has 1 amide bonds. The van der Waals surface area contributed by atoms with Crippen LogP contribution < -0.4 is 20.1 Å². The Morgan fingerprint density at radius 1 is 0.938 bits per heavy atom. The highest BCUT2D eigenvalue weighted by molar-refractivity contribution is 6.06. The fourth-order valence-electron chi connectivity index (χ4n) is 4.07. The highest BCUT2D eigenvalue weighted by Crippen LogP contribution is 2.37. The Morgan fingerprint density at radius 2 is 1.78 bits per heavy atom. The van der Waals surface area contributed by atoms with Crippen molar-refractivity contribution < 1.29 is 14.3 Å². The zero-order valence-corrected chi connectivity index (χ0v) is 17.6. The van der Waals surface area contributed by atoms with Gasteiger partial charge in [-0.15, -0.1) is 0 Å². The van der Waals surface area contributed by atoms with Crippen LogP contribution in [-0.4, -0.2) is 36.7 Å². The van der Waals surface area contributed by atoms with Gasteiger partial charge in [-0.3, -0.25) is 4.79 Å². The van der Waals surface area contributed by atoms with Crippen molar-refractivity contribution in [1.82, 2.24) is 10.3 Å². The minimum absolute atomic E-state index is 0.0902. The molecule has 3 aromatic carbocycles. The number of hydrogen-bond acceptors (Lipinski definition) is 4. The van der Waals surface area contributed by atoms with Crippen LogP contribution in [0.5, 0.6) is 11.5 Å². The number of amides is 1. The Bertz CT molecular complexity index is 1220. The van der Waals surface area contributed by atoms with Gasteiger partial charge in [-0.25, -0.2) is 0 Å². The molecule has 6 heteroatoms. The van der Waals surface area contributed by atoms with Crippen molar-refractivity contribution in [3.05, 3.63) is 90.1 Å². The predicted molar refractivity (Wildman–Crippen MR) is 126 cm³/mol. The number of carbonyl (C=O) groups excluding carboxylic acids is 1. The van der Waals surface area contributed by atoms with Gasteiger partial charge in [-0.2, -0.15) is 0 Å². The lowest BCUT2D eigenvalue weighted by Gasteiger charge is -2.24. The largest absolute Gasteiger partial charge is 0.486 e. The molecule has 0 fully saturated rings. The first kappa shape index (κ1) is 20.0. The third-order valence-corrected chi connectivity index (χ3v) is 5.60. The molecule has 32 heavy (non-hydrogen) atoms. The van der Waals surface area contributed by atoms with Gasteiger partial charge in [0.1, 0.15) is 13.2 Å². The first-order valence-electron chi connectivity index (χ1n) is 10.8. The van der Waals surface area contributed by atoms with Crippen LogP contribution in [0.4, 0.5) is 5.69 Å². The van der Waals surface area contributed by atoms with Crippen molar-refractivity contribution in [1.29, 1.82) is 0 Å². The first-order valence-corrected chi connectivity index (χ1v) is 10.8. The van der Waals surface area contributed by atoms with Gasteiger partial charge in [-0.1, -0.05) is 42.5 Å². The summed E-state index contributed by atoms with van der Waals surface area (Å²) in [4.78, 5) is 16.4. The quantitative estimate of drug-likeness (QED) is 0.409. The minimum atomic E-state index is -0.125. The molecule has 1 aliphatic heterocycles. The molecule has 1 unspecified atom stereocenters. The number of aromatic amines is 1. The van der Waals surface area contributed by atoms with E-state index in [9.17, 15) is 4.79 Å². The second kappa shape index (κ2) is 9.06. The van der Waals surface area contributed by atoms with E-state index in [0.29, 0.717) is 31.7 Å². The molecule has 0 saturated heterocycles. The lowest BCUT2D eigenvalue weighted by atomic mass is 10.0. The lowest BCUT2D eigenvalue weighted by Crippen LogP contribution is -2.41. The van der Waals surface area contributed by atoms with Crippen molar-refractivity contribution in [2.75, 3.05) is 25.1 Å². The van der Waals surface area contributed by atoms with Crippen LogP contribution in [0.15, 0.2) is 79.0 Å². The molecule has 4 aromatic rings. The van der Waals surface area contributed by atoms with Gasteiger partial charge < -0.3 is 25.1 Å². The van der Waals surface area contributed by atoms with Crippen molar-refractivity contribution in [2.45, 2.75) is 12.5 Å². The Kier molecular flexibility index (Phi) is 5.66. The SMILES string of the molecule is O=C(NC(CNc1cccc2c1OCCO2)Cc1ccccc1)c1cccc2[nH]ccc12. The molecule has 3 N–H and O–H groups in total. The molecule has 5 rings (SSSR count). The molecule has 1 atom stereocenters. The van der Waals surface area contributed by atoms with Gasteiger partial charge in [0.05, 0.1) is 11.7 Å². The van der Waals surface area contributed by atoms with Crippen LogP contribution in [-0.2, 0) is 6.42 Å². The number of carbonyl (C=O) groups is 1. The summed E-state index contributed by atoms with van der Waals surface area (Å²) >= 11 is 0. The monoisotopic (exact) mass is 427 g/mol. The molecule has 1 aliphatic rings. The number of para-hydroxylation sites is 1. The van der Waals surface area contributed by atoms with Crippen LogP contribution in [0.1, 0.15) is 15.9 Å². The van der Waals surface area contributed by atoms with Gasteiger partial charge in [0, 0.05) is 29.2 Å². The van der Waals surface area contributed by atoms with Gasteiger partial charge in [0.15, 0.2) is 11.5 Å². The average Bonchev–Trinajstić information content (AvgIpc) is 3.32. The molecule has 2 heterocycles. The maximum Gasteiger partial charge on any atom is 0.252 e. The molecule has 0 aliphatic carbocycles. The number of benzene rings is 3. The van der Waals surface area contributed by atoms with E-state index in [-0.39, 0.29) is 11.9 Å². The van der Waals surface area contributed by atoms with Crippen molar-refractivity contribution in [2.24, 2.45) is 0 Å². The number of hydrogen-bond donors (Lipinski definition) is 3. The van der Waals surface area contributed by atoms with Gasteiger partial charge in [0.25, 0.3) is 5.91 Å². The Balaban J connectivity index is 1.36. The van der Waals surface area contributed by atoms with Crippen molar-refractivity contribution in [3.8, 4) is 11.5 Å². The number of aromatic nitrogens is 1. The number of fused-ring (bicyclic) bond motifs is 2. The third kappa shape index (κ3) is 4.25. The van der Waals surface area contributed by atoms with Crippen LogP contribution in [0.25, 0.3) is 10.9 Å². The zero-order valence-electron chi connectivity index (χ0n) is 17.6. The van der Waals surface area contributed by atoms with E-state index in [2.05, 4.69) is 27.8 Å². The van der Waals surface area contributed by atoms with Gasteiger partial charge in [-0.05, 0) is 42.3 Å². The smallest absolute Gasteiger partial charge is 0.252 e. The molecule has 0 bridgehead atoms. The van der Waals surface area contributed by atoms with Gasteiger partial charge >= 0.3 is 0 Å². The maximum atomic E-state index is 13.2. The van der Waals surface area contributed by atoms with E-state index < -0.39 is 0 Å². The fraction of sp³-hybridized carbons (Fsp3) is 0.192. The molecule has 1 aromatic heterocycles. The van der Waals surface area contributed by atoms with Crippen LogP contribution in [0.2, 0.25) is 0 Å². The molecule has 162 valence electrons. The second-order valence-electron chi connectivity index (χ2n) is 7.82. The van der Waals surface area contributed by atoms with Crippen molar-refractivity contribution in [3.63, 3.8) is 0 Å². The summed E-state index contributed by atoms with van der Waals surface area (Å²) in [5.41, 5.74) is 3.63. The van der Waals surface area contributed by atoms with Crippen LogP contribution in [0.3, 0.4) is 0 Å². The summed E-state index contributed by atoms with van der Waals surface area (Å²) in [5.74, 6) is 1.37. The van der Waals surface area contributed by atoms with Crippen LogP contribution in [0, 0.1) is 0 Å². The zero-order chi connectivity index (χ0) is 21.8. The highest BCUT2D eigenvalue weighted by Gasteiger charge is 2.19. The molecule has 0 saturated carbocycles. The summed E-state index contributed by atoms with van der Waals surface area (Å²) < 4.78 is 11.5. The lowest BCUT2D eigenvalue weighted by molar-refractivity contribution is 0.0940. The molecular weight excluding hydrogens is 402 g/mol. The van der Waals surface area contributed by atoms with E-state index in [4.69, 9.17) is 9.47 Å². The second-order valence-corrected chi connectivity index (χ2v) is 7.82. The van der Waals surface area contributed by atoms with E-state index >= 15 is 0 Å². The summed E-state index contributed by atoms with van der Waals surface area (Å²) in [7, 11) is 0. The summed E-state index contributed by atoms with van der Waals surface area (Å²) in [6.45, 7) is 1.62. The topological polar surface area (TPSA) is 75.4 Å². The number of anilines is 1. The Hall–Kier alpha value is -3.93. The molecule has 6 nitrogen and oxygen atoms in total. The van der Waals surface area contributed by atoms with E-state index in [1.807, 2.05) is 66.9 Å². The summed E-state index contributed by atoms with van der Waals surface area (Å²) in [6.07, 6.45) is 2.56. The molecule has 0 radical (unpaired) electrons. The number of ether oxygens (including phenoxy) is 2. The predicted octanol–water partition coefficient (Wildman–Crippen LogP) is 4.39. The van der Waals surface area contributed by atoms with E-state index in [1.165, 1.54) is 0 Å². The fourth-order valence-corrected chi connectivity index (χ4v) is 4.07. The first-order chi connectivity index (χ1) is 15.8. The normalized spacial score (nSPS) is 13.5. The number of H-pyrrole nitrogens is 1. The maximum absolute atomic E-state index is 13.2. The van der Waals surface area contributed by atoms with Crippen LogP contribution >= 0.6 is 0 Å². The van der Waals surface area contributed by atoms with E-state index in [1.54, 1.807) is 0 Å². The number of rotatable bonds is 7. The number of nitrogens with one attached hydrogen (secondary N) is 3. The Labute approximate surface area is 186 Å². The average molecular weight is 428 g/mol. The summed E-state index contributed by atoms with van der Waals surface area (Å²) in [6, 6.07) is 23.5. The Morgan fingerprint density at radius 3 is 2.69 bits per heavy atom. The molecular formula is C26H25N3O3. The summed E-state index contributed by atoms with van der Waals surface area (Å²) in [5, 5.41) is 7.60. The van der Waals surface area contributed by atoms with Crippen molar-refractivity contribution >= 4 is 22.5 Å². The third-order valence-electron chi connectivity index (χ3n) is 5.60.